The molecule has 1 N–H and O–H groups in total. The van der Waals surface area contributed by atoms with Gasteiger partial charge in [0, 0.05) is 31.5 Å². The van der Waals surface area contributed by atoms with E-state index in [0.717, 1.165) is 11.6 Å². The van der Waals surface area contributed by atoms with Crippen LogP contribution in [0.5, 0.6) is 0 Å². The van der Waals surface area contributed by atoms with Gasteiger partial charge < -0.3 is 18.9 Å². The molecule has 0 saturated carbocycles. The summed E-state index contributed by atoms with van der Waals surface area (Å²) in [6, 6.07) is 13.8. The molecule has 3 rings (SSSR count). The Morgan fingerprint density at radius 1 is 1.08 bits per heavy atom. The summed E-state index contributed by atoms with van der Waals surface area (Å²) in [7, 11) is 2.72. The third-order valence-corrected chi connectivity index (χ3v) is 5.70. The lowest BCUT2D eigenvalue weighted by atomic mass is 10.1. The molecule has 9 nitrogen and oxygen atoms in total. The van der Waals surface area contributed by atoms with Crippen molar-refractivity contribution < 1.29 is 37.2 Å². The van der Waals surface area contributed by atoms with E-state index < -0.39 is 35.6 Å². The van der Waals surface area contributed by atoms with Gasteiger partial charge in [-0.1, -0.05) is 47.6 Å². The molecule has 0 spiro atoms. The van der Waals surface area contributed by atoms with Crippen molar-refractivity contribution in [2.45, 2.75) is 31.7 Å². The summed E-state index contributed by atoms with van der Waals surface area (Å²) in [4.78, 5) is 38.1. The number of carbonyl (C=O) groups excluding carboxylic acids is 3. The Labute approximate surface area is 212 Å². The molecule has 1 heterocycles. The third kappa shape index (κ3) is 7.86. The van der Waals surface area contributed by atoms with E-state index in [1.807, 2.05) is 30.3 Å². The van der Waals surface area contributed by atoms with Gasteiger partial charge in [-0.2, -0.15) is 0 Å². The van der Waals surface area contributed by atoms with E-state index in [9.17, 15) is 23.2 Å². The lowest BCUT2D eigenvalue weighted by molar-refractivity contribution is -0.142. The molecule has 196 valence electrons. The summed E-state index contributed by atoms with van der Waals surface area (Å²) < 4.78 is 42.5. The van der Waals surface area contributed by atoms with Crippen LogP contribution in [0.25, 0.3) is 11.3 Å². The lowest BCUT2D eigenvalue weighted by Gasteiger charge is -2.28. The predicted octanol–water partition coefficient (Wildman–Crippen LogP) is 4.58. The fourth-order valence-electron chi connectivity index (χ4n) is 3.52. The second-order valence-corrected chi connectivity index (χ2v) is 8.15. The monoisotopic (exact) mass is 515 g/mol. The lowest BCUT2D eigenvalue weighted by Crippen LogP contribution is -2.41. The summed E-state index contributed by atoms with van der Waals surface area (Å²) in [5.74, 6) is -2.29. The van der Waals surface area contributed by atoms with E-state index in [2.05, 4.69) is 15.2 Å². The average molecular weight is 516 g/mol. The second kappa shape index (κ2) is 13.1. The van der Waals surface area contributed by atoms with Crippen LogP contribution < -0.4 is 5.32 Å². The molecule has 2 amide bonds. The van der Waals surface area contributed by atoms with Gasteiger partial charge in [0.25, 0.3) is 0 Å². The van der Waals surface area contributed by atoms with E-state index in [0.29, 0.717) is 5.76 Å². The first kappa shape index (κ1) is 27.3. The highest BCUT2D eigenvalue weighted by atomic mass is 19.2. The van der Waals surface area contributed by atoms with Crippen LogP contribution in [0, 0.1) is 11.6 Å². The number of halogens is 2. The Morgan fingerprint density at radius 3 is 2.57 bits per heavy atom. The zero-order valence-corrected chi connectivity index (χ0v) is 20.4. The first-order valence-electron chi connectivity index (χ1n) is 11.5. The minimum absolute atomic E-state index is 0.0201. The first-order chi connectivity index (χ1) is 17.8. The van der Waals surface area contributed by atoms with Crippen molar-refractivity contribution in [2.75, 3.05) is 26.1 Å². The van der Waals surface area contributed by atoms with E-state index in [4.69, 9.17) is 9.26 Å². The van der Waals surface area contributed by atoms with E-state index >= 15 is 0 Å². The molecule has 0 fully saturated rings. The van der Waals surface area contributed by atoms with Crippen LogP contribution in [0.15, 0.2) is 59.1 Å². The number of rotatable bonds is 11. The molecule has 0 unspecified atom stereocenters. The number of methoxy groups -OCH3 is 1. The zero-order valence-electron chi connectivity index (χ0n) is 20.4. The summed E-state index contributed by atoms with van der Waals surface area (Å²) in [6.45, 7) is -0.233. The number of esters is 1. The highest BCUT2D eigenvalue weighted by Gasteiger charge is 2.24. The first-order valence-corrected chi connectivity index (χ1v) is 11.5. The highest BCUT2D eigenvalue weighted by molar-refractivity contribution is 5.84. The normalized spacial score (nSPS) is 11.5. The molecule has 2 aromatic carbocycles. The minimum Gasteiger partial charge on any atom is -0.469 e. The van der Waals surface area contributed by atoms with Gasteiger partial charge in [0.05, 0.1) is 13.2 Å². The molecule has 3 aromatic rings. The molecular formula is C26H27F2N3O6. The number of benzene rings is 2. The maximum atomic E-state index is 13.9. The number of likely N-dealkylation sites (N-methyl/N-ethyl adjacent to an activating group) is 1. The number of aromatic nitrogens is 1. The molecule has 0 aliphatic carbocycles. The number of nitrogens with zero attached hydrogens (tertiary/aromatic N) is 2. The Hall–Kier alpha value is -4.28. The smallest absolute Gasteiger partial charge is 0.412 e. The molecular weight excluding hydrogens is 488 g/mol. The van der Waals surface area contributed by atoms with Crippen molar-refractivity contribution in [1.29, 1.82) is 0 Å². The maximum Gasteiger partial charge on any atom is 0.412 e. The van der Waals surface area contributed by atoms with Crippen LogP contribution in [0.2, 0.25) is 0 Å². The second-order valence-electron chi connectivity index (χ2n) is 8.15. The van der Waals surface area contributed by atoms with Crippen molar-refractivity contribution in [1.82, 2.24) is 10.1 Å². The highest BCUT2D eigenvalue weighted by Crippen LogP contribution is 2.22. The fourth-order valence-corrected chi connectivity index (χ4v) is 3.52. The standard InChI is InChI=1S/C26H27F2N3O6/c1-31(23(32)13-11-18-9-6-10-20(27)25(18)28)19(12-14-24(33)35-2)16-36-26(34)29-22-15-21(37-30-22)17-7-4-3-5-8-17/h3-10,15,19H,11-14,16H2,1-2H3,(H,29,30,34)/t19-/m0/s1. The number of hydrogen-bond acceptors (Lipinski definition) is 7. The molecule has 0 saturated heterocycles. The van der Waals surface area contributed by atoms with Gasteiger partial charge in [-0.3, -0.25) is 14.9 Å². The van der Waals surface area contributed by atoms with Gasteiger partial charge in [-0.15, -0.1) is 0 Å². The summed E-state index contributed by atoms with van der Waals surface area (Å²) in [5, 5.41) is 6.24. The SMILES string of the molecule is COC(=O)CC[C@@H](COC(=O)Nc1cc(-c2ccccc2)on1)N(C)C(=O)CCc1cccc(F)c1F. The quantitative estimate of drug-likeness (QED) is 0.372. The van der Waals surface area contributed by atoms with Crippen LogP contribution >= 0.6 is 0 Å². The molecule has 11 heteroatoms. The van der Waals surface area contributed by atoms with Gasteiger partial charge in [0.1, 0.15) is 6.61 Å². The molecule has 0 aliphatic rings. The summed E-state index contributed by atoms with van der Waals surface area (Å²) >= 11 is 0. The number of nitrogens with one attached hydrogen (secondary N) is 1. The number of carbonyl (C=O) groups is 3. The molecule has 0 radical (unpaired) electrons. The molecule has 1 atom stereocenters. The largest absolute Gasteiger partial charge is 0.469 e. The number of ether oxygens (including phenoxy) is 2. The summed E-state index contributed by atoms with van der Waals surface area (Å²) in [5.41, 5.74) is 0.850. The Balaban J connectivity index is 1.58. The molecule has 37 heavy (non-hydrogen) atoms. The Kier molecular flexibility index (Phi) is 9.70. The molecule has 0 bridgehead atoms. The topological polar surface area (TPSA) is 111 Å². The van der Waals surface area contributed by atoms with Crippen LogP contribution in [0.3, 0.4) is 0 Å². The van der Waals surface area contributed by atoms with Crippen LogP contribution in [-0.2, 0) is 25.5 Å². The molecule has 0 aliphatic heterocycles. The van der Waals surface area contributed by atoms with Gasteiger partial charge >= 0.3 is 12.1 Å². The van der Waals surface area contributed by atoms with E-state index in [1.54, 1.807) is 0 Å². The third-order valence-electron chi connectivity index (χ3n) is 5.70. The van der Waals surface area contributed by atoms with Crippen molar-refractivity contribution in [3.8, 4) is 11.3 Å². The average Bonchev–Trinajstić information content (AvgIpc) is 3.37. The van der Waals surface area contributed by atoms with Crippen LogP contribution in [0.4, 0.5) is 19.4 Å². The zero-order chi connectivity index (χ0) is 26.8. The van der Waals surface area contributed by atoms with Crippen molar-refractivity contribution >= 4 is 23.8 Å². The van der Waals surface area contributed by atoms with Crippen LogP contribution in [0.1, 0.15) is 24.8 Å². The maximum absolute atomic E-state index is 13.9. The molecule has 1 aromatic heterocycles. The van der Waals surface area contributed by atoms with Gasteiger partial charge in [-0.05, 0) is 24.5 Å². The van der Waals surface area contributed by atoms with Crippen molar-refractivity contribution in [3.63, 3.8) is 0 Å². The summed E-state index contributed by atoms with van der Waals surface area (Å²) in [6.07, 6.45) is -0.837. The number of hydrogen-bond donors (Lipinski definition) is 1. The number of aryl methyl sites for hydroxylation is 1. The van der Waals surface area contributed by atoms with Gasteiger partial charge in [0.15, 0.2) is 23.2 Å². The Morgan fingerprint density at radius 2 is 1.84 bits per heavy atom. The Bertz CT molecular complexity index is 1220. The van der Waals surface area contributed by atoms with Crippen molar-refractivity contribution in [2.24, 2.45) is 0 Å². The fraction of sp³-hybridized carbons (Fsp3) is 0.308. The van der Waals surface area contributed by atoms with E-state index in [1.165, 1.54) is 37.3 Å². The van der Waals surface area contributed by atoms with Crippen molar-refractivity contribution in [3.05, 3.63) is 71.8 Å². The van der Waals surface area contributed by atoms with Gasteiger partial charge in [0.2, 0.25) is 5.91 Å². The number of amides is 2. The van der Waals surface area contributed by atoms with Crippen LogP contribution in [-0.4, -0.2) is 54.8 Å². The predicted molar refractivity (Wildman–Crippen MR) is 129 cm³/mol. The van der Waals surface area contributed by atoms with E-state index in [-0.39, 0.29) is 43.7 Å². The number of anilines is 1. The van der Waals surface area contributed by atoms with Gasteiger partial charge in [-0.25, -0.2) is 13.6 Å². The minimum atomic E-state index is -0.997.